The van der Waals surface area contributed by atoms with Gasteiger partial charge in [-0.25, -0.2) is 0 Å². The molecule has 0 saturated carbocycles. The second kappa shape index (κ2) is 4.92. The molecular formula is C6H5F6IOS2. The van der Waals surface area contributed by atoms with Crippen LogP contribution >= 0.6 is 44.6 Å². The molecule has 0 spiro atoms. The van der Waals surface area contributed by atoms with Crippen molar-refractivity contribution in [1.82, 2.24) is 0 Å². The molecule has 0 aromatic heterocycles. The smallest absolute Gasteiger partial charge is 0.310 e. The van der Waals surface area contributed by atoms with Crippen LogP contribution in [0.3, 0.4) is 0 Å². The molecule has 0 bridgehead atoms. The van der Waals surface area contributed by atoms with E-state index in [4.69, 9.17) is 0 Å². The van der Waals surface area contributed by atoms with Crippen molar-refractivity contribution in [2.24, 2.45) is 0 Å². The molecule has 16 heavy (non-hydrogen) atoms. The minimum atomic E-state index is -5.39. The fourth-order valence-corrected chi connectivity index (χ4v) is 5.11. The van der Waals surface area contributed by atoms with Crippen LogP contribution in [0.4, 0.5) is 26.3 Å². The number of rotatable bonds is 1. The molecule has 1 aliphatic heterocycles. The zero-order valence-electron chi connectivity index (χ0n) is 7.36. The van der Waals surface area contributed by atoms with Gasteiger partial charge in [0.05, 0.1) is 0 Å². The molecule has 1 unspecified atom stereocenters. The highest BCUT2D eigenvalue weighted by atomic mass is 127. The fourth-order valence-electron chi connectivity index (χ4n) is 1.27. The predicted octanol–water partition coefficient (Wildman–Crippen LogP) is 4.37. The highest BCUT2D eigenvalue weighted by molar-refractivity contribution is 14.1. The predicted molar refractivity (Wildman–Crippen MR) is 58.4 cm³/mol. The lowest BCUT2D eigenvalue weighted by Gasteiger charge is -2.42. The van der Waals surface area contributed by atoms with Gasteiger partial charge in [-0.15, -0.1) is 0 Å². The molecular weight excluding hydrogens is 393 g/mol. The Hall–Kier alpha value is 0.970. The minimum Gasteiger partial charge on any atom is -0.310 e. The topological polar surface area (TPSA) is 9.23 Å². The van der Waals surface area contributed by atoms with Crippen LogP contribution in [0.2, 0.25) is 0 Å². The third-order valence-electron chi connectivity index (χ3n) is 2.06. The molecule has 10 heteroatoms. The maximum Gasteiger partial charge on any atom is 0.415 e. The Kier molecular flexibility index (Phi) is 4.62. The van der Waals surface area contributed by atoms with Crippen molar-refractivity contribution in [3.8, 4) is 0 Å². The Morgan fingerprint density at radius 1 is 1.12 bits per heavy atom. The van der Waals surface area contributed by atoms with Gasteiger partial charge < -0.3 is 3.07 Å². The second-order valence-electron chi connectivity index (χ2n) is 3.00. The van der Waals surface area contributed by atoms with Gasteiger partial charge >= 0.3 is 12.4 Å². The normalized spacial score (nSPS) is 26.8. The molecule has 96 valence electrons. The van der Waals surface area contributed by atoms with E-state index in [0.717, 1.165) is 23.0 Å². The van der Waals surface area contributed by atoms with E-state index >= 15 is 0 Å². The highest BCUT2D eigenvalue weighted by Gasteiger charge is 2.76. The van der Waals surface area contributed by atoms with E-state index in [-0.39, 0.29) is 23.0 Å². The van der Waals surface area contributed by atoms with E-state index in [2.05, 4.69) is 3.07 Å². The third kappa shape index (κ3) is 2.39. The summed E-state index contributed by atoms with van der Waals surface area (Å²) in [6, 6.07) is 0. The number of hydrogen-bond donors (Lipinski definition) is 0. The van der Waals surface area contributed by atoms with Crippen LogP contribution in [0.5, 0.6) is 0 Å². The van der Waals surface area contributed by atoms with E-state index in [1.807, 2.05) is 0 Å². The Labute approximate surface area is 109 Å². The summed E-state index contributed by atoms with van der Waals surface area (Å²) in [4.78, 5) is 0. The summed E-state index contributed by atoms with van der Waals surface area (Å²) in [7, 11) is 0.362. The lowest BCUT2D eigenvalue weighted by molar-refractivity contribution is -0.280. The summed E-state index contributed by atoms with van der Waals surface area (Å²) in [5.74, 6) is 0.201. The molecule has 1 aliphatic rings. The van der Waals surface area contributed by atoms with Crippen molar-refractivity contribution in [1.29, 1.82) is 0 Å². The zero-order chi connectivity index (χ0) is 12.6. The van der Waals surface area contributed by atoms with Crippen LogP contribution in [0, 0.1) is 0 Å². The van der Waals surface area contributed by atoms with Crippen molar-refractivity contribution in [2.45, 2.75) is 29.6 Å². The minimum absolute atomic E-state index is 0.201. The standard InChI is InChI=1S/C6H5F6IOS2/c7-5(8,9)4(6(10,11)12)3(14-13)1-2-15-16-4/h3H,1-2H2. The van der Waals surface area contributed by atoms with E-state index in [1.165, 1.54) is 0 Å². The van der Waals surface area contributed by atoms with E-state index in [0.29, 0.717) is 10.8 Å². The fraction of sp³-hybridized carbons (Fsp3) is 1.00. The molecule has 0 amide bonds. The summed E-state index contributed by atoms with van der Waals surface area (Å²) >= 11 is 1.09. The SMILES string of the molecule is FC(F)(F)C1(C(F)(F)F)SSCCC1OI. The van der Waals surface area contributed by atoms with E-state index < -0.39 is 23.2 Å². The number of alkyl halides is 6. The number of hydrogen-bond acceptors (Lipinski definition) is 3. The maximum atomic E-state index is 12.7. The van der Waals surface area contributed by atoms with Crippen molar-refractivity contribution in [3.63, 3.8) is 0 Å². The third-order valence-corrected chi connectivity index (χ3v) is 5.82. The molecule has 0 radical (unpaired) electrons. The lowest BCUT2D eigenvalue weighted by Crippen LogP contribution is -2.62. The van der Waals surface area contributed by atoms with Gasteiger partial charge in [0.1, 0.15) is 29.1 Å². The molecule has 0 N–H and O–H groups in total. The van der Waals surface area contributed by atoms with Crippen LogP contribution in [-0.4, -0.2) is 29.0 Å². The Balaban J connectivity index is 3.21. The van der Waals surface area contributed by atoms with Crippen LogP contribution in [0.25, 0.3) is 0 Å². The Bertz CT molecular complexity index is 240. The summed E-state index contributed by atoms with van der Waals surface area (Å²) in [6.45, 7) is 0. The van der Waals surface area contributed by atoms with Gasteiger partial charge in [0.25, 0.3) is 0 Å². The monoisotopic (exact) mass is 398 g/mol. The Morgan fingerprint density at radius 2 is 1.62 bits per heavy atom. The maximum absolute atomic E-state index is 12.7. The van der Waals surface area contributed by atoms with Gasteiger partial charge in [0, 0.05) is 5.75 Å². The molecule has 1 heterocycles. The number of halogens is 7. The molecule has 0 aliphatic carbocycles. The Morgan fingerprint density at radius 3 is 1.94 bits per heavy atom. The van der Waals surface area contributed by atoms with Crippen molar-refractivity contribution in [3.05, 3.63) is 0 Å². The van der Waals surface area contributed by atoms with Gasteiger partial charge in [0.2, 0.25) is 4.75 Å². The first kappa shape index (κ1) is 15.0. The molecule has 1 fully saturated rings. The zero-order valence-corrected chi connectivity index (χ0v) is 11.2. The average molecular weight is 398 g/mol. The first-order valence-corrected chi connectivity index (χ1v) is 7.08. The lowest BCUT2D eigenvalue weighted by atomic mass is 9.97. The quantitative estimate of drug-likeness (QED) is 0.369. The second-order valence-corrected chi connectivity index (χ2v) is 6.17. The van der Waals surface area contributed by atoms with Crippen LogP contribution in [-0.2, 0) is 3.07 Å². The van der Waals surface area contributed by atoms with Crippen LogP contribution in [0.15, 0.2) is 0 Å². The molecule has 0 aromatic carbocycles. The summed E-state index contributed by atoms with van der Waals surface area (Å²) < 4.78 is 76.7. The van der Waals surface area contributed by atoms with Crippen molar-refractivity contribution < 1.29 is 29.4 Å². The van der Waals surface area contributed by atoms with E-state index in [9.17, 15) is 26.3 Å². The summed E-state index contributed by atoms with van der Waals surface area (Å²) in [6.07, 6.45) is -13.0. The van der Waals surface area contributed by atoms with Crippen LogP contribution < -0.4 is 0 Å². The molecule has 0 aromatic rings. The van der Waals surface area contributed by atoms with Gasteiger partial charge in [-0.05, 0) is 6.42 Å². The summed E-state index contributed by atoms with van der Waals surface area (Å²) in [5.41, 5.74) is 0. The van der Waals surface area contributed by atoms with Crippen molar-refractivity contribution >= 4 is 44.6 Å². The largest absolute Gasteiger partial charge is 0.415 e. The molecule has 1 rings (SSSR count). The van der Waals surface area contributed by atoms with Crippen LogP contribution in [0.1, 0.15) is 6.42 Å². The van der Waals surface area contributed by atoms with Gasteiger partial charge in [-0.2, -0.15) is 26.3 Å². The van der Waals surface area contributed by atoms with E-state index in [1.54, 1.807) is 0 Å². The molecule has 1 atom stereocenters. The van der Waals surface area contributed by atoms with Crippen molar-refractivity contribution in [2.75, 3.05) is 5.75 Å². The summed E-state index contributed by atoms with van der Waals surface area (Å²) in [5, 5.41) is 0. The average Bonchev–Trinajstić information content (AvgIpc) is 2.14. The molecule has 1 nitrogen and oxygen atoms in total. The molecule has 1 saturated heterocycles. The van der Waals surface area contributed by atoms with Gasteiger partial charge in [0.15, 0.2) is 0 Å². The van der Waals surface area contributed by atoms with Gasteiger partial charge in [-0.3, -0.25) is 0 Å². The van der Waals surface area contributed by atoms with Gasteiger partial charge in [-0.1, -0.05) is 21.6 Å². The highest BCUT2D eigenvalue weighted by Crippen LogP contribution is 2.61. The first-order chi connectivity index (χ1) is 7.17. The first-order valence-electron chi connectivity index (χ1n) is 3.88.